The van der Waals surface area contributed by atoms with E-state index in [2.05, 4.69) is 5.32 Å². The molecule has 2 atom stereocenters. The van der Waals surface area contributed by atoms with Crippen LogP contribution in [0.4, 0.5) is 5.69 Å². The largest absolute Gasteiger partial charge is 0.396 e. The SMILES string of the molecule is Cc1cc(C(=O)NCC2CCCC2CO)ccc1[N+](=O)[O-]. The topological polar surface area (TPSA) is 92.5 Å². The highest BCUT2D eigenvalue weighted by molar-refractivity contribution is 5.94. The maximum Gasteiger partial charge on any atom is 0.272 e. The van der Waals surface area contributed by atoms with Crippen molar-refractivity contribution >= 4 is 11.6 Å². The second kappa shape index (κ2) is 6.67. The molecule has 0 bridgehead atoms. The van der Waals surface area contributed by atoms with Gasteiger partial charge < -0.3 is 10.4 Å². The summed E-state index contributed by atoms with van der Waals surface area (Å²) >= 11 is 0. The molecule has 2 unspecified atom stereocenters. The zero-order valence-corrected chi connectivity index (χ0v) is 12.0. The van der Waals surface area contributed by atoms with Gasteiger partial charge in [-0.25, -0.2) is 0 Å². The number of hydrogen-bond acceptors (Lipinski definition) is 4. The molecule has 1 saturated carbocycles. The van der Waals surface area contributed by atoms with Crippen LogP contribution in [-0.4, -0.2) is 29.1 Å². The molecule has 1 aromatic rings. The molecule has 6 heteroatoms. The van der Waals surface area contributed by atoms with Crippen LogP contribution in [0, 0.1) is 28.9 Å². The second-order valence-electron chi connectivity index (χ2n) is 5.60. The quantitative estimate of drug-likeness (QED) is 0.641. The van der Waals surface area contributed by atoms with Crippen LogP contribution < -0.4 is 5.32 Å². The highest BCUT2D eigenvalue weighted by Crippen LogP contribution is 2.30. The molecular formula is C15H20N2O4. The number of carbonyl (C=O) groups is 1. The molecule has 0 spiro atoms. The molecule has 0 aromatic heterocycles. The summed E-state index contributed by atoms with van der Waals surface area (Å²) in [5, 5.41) is 22.9. The molecule has 2 N–H and O–H groups in total. The zero-order valence-electron chi connectivity index (χ0n) is 12.0. The van der Waals surface area contributed by atoms with E-state index >= 15 is 0 Å². The van der Waals surface area contributed by atoms with E-state index in [1.165, 1.54) is 18.2 Å². The summed E-state index contributed by atoms with van der Waals surface area (Å²) in [5.41, 5.74) is 0.918. The number of hydrogen-bond donors (Lipinski definition) is 2. The van der Waals surface area contributed by atoms with E-state index in [0.29, 0.717) is 23.6 Å². The molecule has 1 aliphatic rings. The van der Waals surface area contributed by atoms with E-state index < -0.39 is 4.92 Å². The van der Waals surface area contributed by atoms with Crippen molar-refractivity contribution in [2.75, 3.05) is 13.2 Å². The number of nitrogens with zero attached hydrogens (tertiary/aromatic N) is 1. The van der Waals surface area contributed by atoms with E-state index in [-0.39, 0.29) is 24.1 Å². The number of nitro groups is 1. The lowest BCUT2D eigenvalue weighted by Gasteiger charge is -2.17. The highest BCUT2D eigenvalue weighted by atomic mass is 16.6. The van der Waals surface area contributed by atoms with Crippen LogP contribution in [0.2, 0.25) is 0 Å². The Morgan fingerprint density at radius 3 is 2.76 bits per heavy atom. The number of amides is 1. The number of aliphatic hydroxyl groups is 1. The van der Waals surface area contributed by atoms with Gasteiger partial charge in [-0.15, -0.1) is 0 Å². The first-order chi connectivity index (χ1) is 10.0. The molecule has 0 radical (unpaired) electrons. The first-order valence-electron chi connectivity index (χ1n) is 7.17. The predicted octanol–water partition coefficient (Wildman–Crippen LogP) is 2.04. The molecule has 0 heterocycles. The van der Waals surface area contributed by atoms with Crippen molar-refractivity contribution in [3.8, 4) is 0 Å². The molecule has 6 nitrogen and oxygen atoms in total. The van der Waals surface area contributed by atoms with Crippen LogP contribution >= 0.6 is 0 Å². The minimum Gasteiger partial charge on any atom is -0.396 e. The third-order valence-corrected chi connectivity index (χ3v) is 4.23. The van der Waals surface area contributed by atoms with Gasteiger partial charge in [-0.1, -0.05) is 6.42 Å². The maximum atomic E-state index is 12.1. The van der Waals surface area contributed by atoms with Crippen molar-refractivity contribution in [3.05, 3.63) is 39.4 Å². The monoisotopic (exact) mass is 292 g/mol. The summed E-state index contributed by atoms with van der Waals surface area (Å²) in [4.78, 5) is 22.4. The molecule has 1 fully saturated rings. The van der Waals surface area contributed by atoms with Crippen molar-refractivity contribution in [3.63, 3.8) is 0 Å². The normalized spacial score (nSPS) is 21.2. The van der Waals surface area contributed by atoms with Gasteiger partial charge in [0.05, 0.1) is 4.92 Å². The predicted molar refractivity (Wildman–Crippen MR) is 78.1 cm³/mol. The first kappa shape index (κ1) is 15.4. The van der Waals surface area contributed by atoms with Crippen molar-refractivity contribution in [2.24, 2.45) is 11.8 Å². The van der Waals surface area contributed by atoms with E-state index in [4.69, 9.17) is 0 Å². The van der Waals surface area contributed by atoms with Gasteiger partial charge in [0, 0.05) is 30.3 Å². The fourth-order valence-electron chi connectivity index (χ4n) is 2.95. The Labute approximate surface area is 123 Å². The third kappa shape index (κ3) is 3.58. The number of nitrogens with one attached hydrogen (secondary N) is 1. The molecule has 1 aliphatic carbocycles. The molecular weight excluding hydrogens is 272 g/mol. The maximum absolute atomic E-state index is 12.1. The third-order valence-electron chi connectivity index (χ3n) is 4.23. The Bertz CT molecular complexity index is 544. The summed E-state index contributed by atoms with van der Waals surface area (Å²) in [7, 11) is 0. The Morgan fingerprint density at radius 1 is 1.43 bits per heavy atom. The molecule has 114 valence electrons. The minimum absolute atomic E-state index is 0.0164. The van der Waals surface area contributed by atoms with Gasteiger partial charge in [0.25, 0.3) is 11.6 Å². The molecule has 1 amide bonds. The number of aryl methyl sites for hydroxylation is 1. The number of rotatable bonds is 5. The molecule has 21 heavy (non-hydrogen) atoms. The minimum atomic E-state index is -0.457. The summed E-state index contributed by atoms with van der Waals surface area (Å²) in [6, 6.07) is 4.36. The Morgan fingerprint density at radius 2 is 2.14 bits per heavy atom. The summed E-state index contributed by atoms with van der Waals surface area (Å²) in [6.07, 6.45) is 3.11. The van der Waals surface area contributed by atoms with Gasteiger partial charge in [-0.3, -0.25) is 14.9 Å². The average molecular weight is 292 g/mol. The van der Waals surface area contributed by atoms with Gasteiger partial charge in [0.15, 0.2) is 0 Å². The van der Waals surface area contributed by atoms with E-state index in [1.807, 2.05) is 0 Å². The number of aliphatic hydroxyl groups excluding tert-OH is 1. The molecule has 0 aliphatic heterocycles. The second-order valence-corrected chi connectivity index (χ2v) is 5.60. The summed E-state index contributed by atoms with van der Waals surface area (Å²) in [5.74, 6) is 0.360. The van der Waals surface area contributed by atoms with Crippen LogP contribution in [0.5, 0.6) is 0 Å². The Hall–Kier alpha value is -1.95. The molecule has 1 aromatic carbocycles. The van der Waals surface area contributed by atoms with Crippen molar-refractivity contribution in [1.29, 1.82) is 0 Å². The number of carbonyl (C=O) groups excluding carboxylic acids is 1. The van der Waals surface area contributed by atoms with E-state index in [1.54, 1.807) is 6.92 Å². The fourth-order valence-corrected chi connectivity index (χ4v) is 2.95. The average Bonchev–Trinajstić information content (AvgIpc) is 2.91. The highest BCUT2D eigenvalue weighted by Gasteiger charge is 2.26. The number of benzene rings is 1. The summed E-state index contributed by atoms with van der Waals surface area (Å²) in [6.45, 7) is 2.32. The lowest BCUT2D eigenvalue weighted by molar-refractivity contribution is -0.385. The van der Waals surface area contributed by atoms with Gasteiger partial charge >= 0.3 is 0 Å². The smallest absolute Gasteiger partial charge is 0.272 e. The zero-order chi connectivity index (χ0) is 15.4. The Balaban J connectivity index is 1.97. The lowest BCUT2D eigenvalue weighted by Crippen LogP contribution is -2.31. The van der Waals surface area contributed by atoms with Crippen molar-refractivity contribution in [2.45, 2.75) is 26.2 Å². The van der Waals surface area contributed by atoms with Crippen LogP contribution in [0.15, 0.2) is 18.2 Å². The van der Waals surface area contributed by atoms with Crippen LogP contribution in [0.25, 0.3) is 0 Å². The Kier molecular flexibility index (Phi) is 4.90. The molecule has 0 saturated heterocycles. The van der Waals surface area contributed by atoms with Crippen LogP contribution in [-0.2, 0) is 0 Å². The van der Waals surface area contributed by atoms with Gasteiger partial charge in [0.2, 0.25) is 0 Å². The van der Waals surface area contributed by atoms with Crippen molar-refractivity contribution in [1.82, 2.24) is 5.32 Å². The fraction of sp³-hybridized carbons (Fsp3) is 0.533. The van der Waals surface area contributed by atoms with Crippen LogP contribution in [0.1, 0.15) is 35.2 Å². The van der Waals surface area contributed by atoms with Gasteiger partial charge in [-0.2, -0.15) is 0 Å². The van der Waals surface area contributed by atoms with Crippen LogP contribution in [0.3, 0.4) is 0 Å². The van der Waals surface area contributed by atoms with Gasteiger partial charge in [-0.05, 0) is 43.7 Å². The standard InChI is InChI=1S/C15H20N2O4/c1-10-7-11(5-6-14(10)17(20)21)15(19)16-8-12-3-2-4-13(12)9-18/h5-7,12-13,18H,2-4,8-9H2,1H3,(H,16,19). The van der Waals surface area contributed by atoms with E-state index in [0.717, 1.165) is 19.3 Å². The first-order valence-corrected chi connectivity index (χ1v) is 7.17. The van der Waals surface area contributed by atoms with E-state index in [9.17, 15) is 20.0 Å². The van der Waals surface area contributed by atoms with Crippen molar-refractivity contribution < 1.29 is 14.8 Å². The lowest BCUT2D eigenvalue weighted by atomic mass is 9.97. The summed E-state index contributed by atoms with van der Waals surface area (Å²) < 4.78 is 0. The van der Waals surface area contributed by atoms with Gasteiger partial charge in [0.1, 0.15) is 0 Å². The number of nitro benzene ring substituents is 1. The molecule has 2 rings (SSSR count).